The molecule has 0 spiro atoms. The molecule has 2 atom stereocenters. The van der Waals surface area contributed by atoms with Crippen molar-refractivity contribution >= 4 is 5.97 Å². The Balaban J connectivity index is 2.09. The molecule has 0 aliphatic carbocycles. The van der Waals surface area contributed by atoms with Crippen LogP contribution in [0.25, 0.3) is 0 Å². The van der Waals surface area contributed by atoms with Crippen LogP contribution in [-0.4, -0.2) is 39.1 Å². The minimum absolute atomic E-state index is 0.0253. The number of carboxylic acids is 1. The third-order valence-corrected chi connectivity index (χ3v) is 3.43. The molecule has 1 fully saturated rings. The van der Waals surface area contributed by atoms with Crippen LogP contribution in [-0.2, 0) is 22.4 Å². The number of ether oxygens (including phenoxy) is 1. The Bertz CT molecular complexity index is 495. The van der Waals surface area contributed by atoms with Gasteiger partial charge in [-0.05, 0) is 31.0 Å². The third-order valence-electron chi connectivity index (χ3n) is 3.43. The molecule has 2 rings (SSSR count). The van der Waals surface area contributed by atoms with E-state index in [-0.39, 0.29) is 23.9 Å². The molecule has 0 amide bonds. The first-order valence-corrected chi connectivity index (χ1v) is 6.19. The number of phenolic OH excluding ortho intramolecular Hbond substituents is 1. The normalized spacial score (nSPS) is 21.9. The van der Waals surface area contributed by atoms with E-state index in [1.54, 1.807) is 12.1 Å². The number of rotatable bonds is 5. The Morgan fingerprint density at radius 2 is 2.11 bits per heavy atom. The van der Waals surface area contributed by atoms with Crippen molar-refractivity contribution in [3.63, 3.8) is 0 Å². The van der Waals surface area contributed by atoms with Crippen LogP contribution in [0.2, 0.25) is 0 Å². The molecule has 3 N–H and O–H groups in total. The molecule has 5 nitrogen and oxygen atoms in total. The van der Waals surface area contributed by atoms with E-state index in [0.29, 0.717) is 17.5 Å². The molecule has 0 radical (unpaired) electrons. The highest BCUT2D eigenvalue weighted by atomic mass is 16.6. The van der Waals surface area contributed by atoms with E-state index in [1.165, 1.54) is 6.07 Å². The van der Waals surface area contributed by atoms with Crippen LogP contribution >= 0.6 is 0 Å². The van der Waals surface area contributed by atoms with E-state index in [2.05, 4.69) is 0 Å². The quantitative estimate of drug-likeness (QED) is 0.694. The van der Waals surface area contributed by atoms with Crippen LogP contribution in [0.3, 0.4) is 0 Å². The summed E-state index contributed by atoms with van der Waals surface area (Å²) in [4.78, 5) is 10.6. The van der Waals surface area contributed by atoms with Crippen molar-refractivity contribution in [1.82, 2.24) is 0 Å². The predicted molar refractivity (Wildman–Crippen MR) is 68.1 cm³/mol. The third kappa shape index (κ3) is 3.24. The van der Waals surface area contributed by atoms with Crippen LogP contribution in [0.5, 0.6) is 5.75 Å². The number of epoxide rings is 1. The molecule has 1 aromatic rings. The van der Waals surface area contributed by atoms with Gasteiger partial charge in [-0.2, -0.15) is 0 Å². The van der Waals surface area contributed by atoms with E-state index < -0.39 is 12.1 Å². The van der Waals surface area contributed by atoms with Crippen LogP contribution in [0.15, 0.2) is 18.2 Å². The zero-order chi connectivity index (χ0) is 14.2. The lowest BCUT2D eigenvalue weighted by Gasteiger charge is -2.09. The number of hydrogen-bond acceptors (Lipinski definition) is 4. The second-order valence-corrected chi connectivity index (χ2v) is 5.44. The fourth-order valence-corrected chi connectivity index (χ4v) is 2.06. The van der Waals surface area contributed by atoms with E-state index in [1.807, 2.05) is 13.8 Å². The highest BCUT2D eigenvalue weighted by Crippen LogP contribution is 2.39. The van der Waals surface area contributed by atoms with Crippen molar-refractivity contribution in [3.05, 3.63) is 29.3 Å². The summed E-state index contributed by atoms with van der Waals surface area (Å²) >= 11 is 0. The molecule has 1 aliphatic heterocycles. The molecular weight excluding hydrogens is 248 g/mol. The summed E-state index contributed by atoms with van der Waals surface area (Å²) in [6.07, 6.45) is -0.753. The van der Waals surface area contributed by atoms with Crippen molar-refractivity contribution in [2.75, 3.05) is 0 Å². The first-order chi connectivity index (χ1) is 8.79. The standard InChI is InChI=1S/C14H18O5/c1-14(2)12(19-14)7-9-5-8(3-4-10(9)15)6-11(16)13(17)18/h3-5,11-12,15-16H,6-7H2,1-2H3,(H,17,18). The maximum Gasteiger partial charge on any atom is 0.332 e. The molecule has 1 aliphatic rings. The highest BCUT2D eigenvalue weighted by Gasteiger charge is 2.47. The predicted octanol–water partition coefficient (Wildman–Crippen LogP) is 1.10. The number of hydrogen-bond donors (Lipinski definition) is 3. The molecule has 2 unspecified atom stereocenters. The van der Waals surface area contributed by atoms with Crippen LogP contribution in [0.1, 0.15) is 25.0 Å². The summed E-state index contributed by atoms with van der Waals surface area (Å²) in [7, 11) is 0. The van der Waals surface area contributed by atoms with Crippen molar-refractivity contribution in [2.24, 2.45) is 0 Å². The van der Waals surface area contributed by atoms with Gasteiger partial charge in [0.1, 0.15) is 5.75 Å². The van der Waals surface area contributed by atoms with Crippen molar-refractivity contribution in [2.45, 2.75) is 44.5 Å². The first-order valence-electron chi connectivity index (χ1n) is 6.19. The summed E-state index contributed by atoms with van der Waals surface area (Å²) in [5.41, 5.74) is 1.23. The van der Waals surface area contributed by atoms with Crippen LogP contribution < -0.4 is 0 Å². The van der Waals surface area contributed by atoms with Gasteiger partial charge in [-0.25, -0.2) is 4.79 Å². The minimum atomic E-state index is -1.42. The SMILES string of the molecule is CC1(C)OC1Cc1cc(CC(O)C(=O)O)ccc1O. The van der Waals surface area contributed by atoms with Gasteiger partial charge < -0.3 is 20.1 Å². The van der Waals surface area contributed by atoms with Gasteiger partial charge >= 0.3 is 5.97 Å². The van der Waals surface area contributed by atoms with Gasteiger partial charge in [-0.15, -0.1) is 0 Å². The highest BCUT2D eigenvalue weighted by molar-refractivity contribution is 5.72. The Morgan fingerprint density at radius 3 is 2.63 bits per heavy atom. The number of aliphatic hydroxyl groups is 1. The van der Waals surface area contributed by atoms with Crippen LogP contribution in [0, 0.1) is 0 Å². The summed E-state index contributed by atoms with van der Waals surface area (Å²) < 4.78 is 5.47. The van der Waals surface area contributed by atoms with Gasteiger partial charge in [0.25, 0.3) is 0 Å². The van der Waals surface area contributed by atoms with Gasteiger partial charge in [-0.3, -0.25) is 0 Å². The van der Waals surface area contributed by atoms with E-state index >= 15 is 0 Å². The average Bonchev–Trinajstić information content (AvgIpc) is 2.90. The summed E-state index contributed by atoms with van der Waals surface area (Å²) in [5.74, 6) is -1.08. The Labute approximate surface area is 111 Å². The lowest BCUT2D eigenvalue weighted by atomic mass is 9.98. The summed E-state index contributed by atoms with van der Waals surface area (Å²) in [6, 6.07) is 4.86. The van der Waals surface area contributed by atoms with Crippen molar-refractivity contribution in [1.29, 1.82) is 0 Å². The minimum Gasteiger partial charge on any atom is -0.508 e. The van der Waals surface area contributed by atoms with Gasteiger partial charge in [0.2, 0.25) is 0 Å². The Morgan fingerprint density at radius 1 is 1.47 bits per heavy atom. The maximum absolute atomic E-state index is 10.6. The lowest BCUT2D eigenvalue weighted by Crippen LogP contribution is -2.22. The molecule has 1 saturated heterocycles. The Kier molecular flexibility index (Phi) is 3.52. The van der Waals surface area contributed by atoms with E-state index in [0.717, 1.165) is 0 Å². The van der Waals surface area contributed by atoms with Gasteiger partial charge in [-0.1, -0.05) is 12.1 Å². The van der Waals surface area contributed by atoms with E-state index in [4.69, 9.17) is 9.84 Å². The number of phenols is 1. The number of aliphatic hydroxyl groups excluding tert-OH is 1. The fraction of sp³-hybridized carbons (Fsp3) is 0.500. The zero-order valence-electron chi connectivity index (χ0n) is 11.0. The van der Waals surface area contributed by atoms with Gasteiger partial charge in [0.15, 0.2) is 6.10 Å². The zero-order valence-corrected chi connectivity index (χ0v) is 11.0. The second-order valence-electron chi connectivity index (χ2n) is 5.44. The largest absolute Gasteiger partial charge is 0.508 e. The number of benzene rings is 1. The Hall–Kier alpha value is -1.59. The number of aliphatic carboxylic acids is 1. The van der Waals surface area contributed by atoms with Crippen molar-refractivity contribution in [3.8, 4) is 5.75 Å². The smallest absolute Gasteiger partial charge is 0.332 e. The molecule has 0 bridgehead atoms. The summed E-state index contributed by atoms with van der Waals surface area (Å²) in [5, 5.41) is 27.8. The molecule has 1 heterocycles. The fourth-order valence-electron chi connectivity index (χ4n) is 2.06. The monoisotopic (exact) mass is 266 g/mol. The molecular formula is C14H18O5. The van der Waals surface area contributed by atoms with E-state index in [9.17, 15) is 15.0 Å². The second kappa shape index (κ2) is 4.83. The summed E-state index contributed by atoms with van der Waals surface area (Å²) in [6.45, 7) is 3.96. The number of carboxylic acid groups (broad SMARTS) is 1. The molecule has 5 heteroatoms. The number of carbonyl (C=O) groups is 1. The van der Waals surface area contributed by atoms with Crippen molar-refractivity contribution < 1.29 is 24.9 Å². The van der Waals surface area contributed by atoms with Gasteiger partial charge in [0, 0.05) is 12.8 Å². The first kappa shape index (κ1) is 13.8. The van der Waals surface area contributed by atoms with Crippen LogP contribution in [0.4, 0.5) is 0 Å². The molecule has 104 valence electrons. The molecule has 0 aromatic heterocycles. The molecule has 1 aromatic carbocycles. The topological polar surface area (TPSA) is 90.3 Å². The molecule has 0 saturated carbocycles. The maximum atomic E-state index is 10.6. The lowest BCUT2D eigenvalue weighted by molar-refractivity contribution is -0.146. The van der Waals surface area contributed by atoms with Gasteiger partial charge in [0.05, 0.1) is 11.7 Å². The number of aromatic hydroxyl groups is 1. The molecule has 19 heavy (non-hydrogen) atoms. The average molecular weight is 266 g/mol.